The monoisotopic (exact) mass is 466 g/mol. The molecule has 0 fully saturated rings. The predicted molar refractivity (Wildman–Crippen MR) is 112 cm³/mol. The maximum absolute atomic E-state index is 12.8. The van der Waals surface area contributed by atoms with Crippen LogP contribution in [-0.4, -0.2) is 30.4 Å². The number of aryl methyl sites for hydroxylation is 1. The molecule has 2 aromatic carbocycles. The van der Waals surface area contributed by atoms with Gasteiger partial charge in [0.15, 0.2) is 0 Å². The number of amides is 1. The van der Waals surface area contributed by atoms with Gasteiger partial charge in [-0.15, -0.1) is 0 Å². The van der Waals surface area contributed by atoms with Crippen molar-refractivity contribution >= 4 is 21.6 Å². The number of aromatic nitrogens is 2. The summed E-state index contributed by atoms with van der Waals surface area (Å²) in [5, 5.41) is 2.76. The number of nitrogens with one attached hydrogen (secondary N) is 2. The van der Waals surface area contributed by atoms with Gasteiger partial charge in [-0.1, -0.05) is 6.07 Å². The molecule has 1 amide bonds. The molecule has 7 nitrogen and oxygen atoms in total. The molecule has 3 rings (SSSR count). The normalized spacial score (nSPS) is 11.8. The first kappa shape index (κ1) is 23.3. The van der Waals surface area contributed by atoms with Gasteiger partial charge in [0.1, 0.15) is 0 Å². The van der Waals surface area contributed by atoms with E-state index < -0.39 is 21.8 Å². The van der Waals surface area contributed by atoms with Crippen LogP contribution in [0.25, 0.3) is 0 Å². The lowest BCUT2D eigenvalue weighted by molar-refractivity contribution is -0.137. The number of rotatable bonds is 9. The van der Waals surface area contributed by atoms with Crippen LogP contribution in [-0.2, 0) is 22.7 Å². The van der Waals surface area contributed by atoms with Crippen LogP contribution in [0.4, 0.5) is 18.9 Å². The lowest BCUT2D eigenvalue weighted by atomic mass is 10.2. The largest absolute Gasteiger partial charge is 0.416 e. The van der Waals surface area contributed by atoms with E-state index in [2.05, 4.69) is 15.0 Å². The topological polar surface area (TPSA) is 93.1 Å². The number of hydrogen-bond acceptors (Lipinski definition) is 4. The molecule has 2 N–H and O–H groups in total. The first-order chi connectivity index (χ1) is 15.1. The van der Waals surface area contributed by atoms with Gasteiger partial charge in [-0.3, -0.25) is 9.52 Å². The van der Waals surface area contributed by atoms with Crippen LogP contribution < -0.4 is 10.0 Å². The second kappa shape index (κ2) is 9.86. The molecule has 1 aromatic heterocycles. The third kappa shape index (κ3) is 6.33. The highest BCUT2D eigenvalue weighted by atomic mass is 32.2. The Morgan fingerprint density at radius 3 is 2.47 bits per heavy atom. The van der Waals surface area contributed by atoms with Gasteiger partial charge in [-0.05, 0) is 55.3 Å². The van der Waals surface area contributed by atoms with Crippen molar-refractivity contribution in [3.8, 4) is 0 Å². The summed E-state index contributed by atoms with van der Waals surface area (Å²) in [5.74, 6) is -0.345. The maximum Gasteiger partial charge on any atom is 0.416 e. The number of anilines is 1. The van der Waals surface area contributed by atoms with Crippen molar-refractivity contribution in [2.45, 2.75) is 30.5 Å². The average Bonchev–Trinajstić information content (AvgIpc) is 3.26. The highest BCUT2D eigenvalue weighted by Crippen LogP contribution is 2.31. The summed E-state index contributed by atoms with van der Waals surface area (Å²) < 4.78 is 67.5. The van der Waals surface area contributed by atoms with Gasteiger partial charge in [0.2, 0.25) is 0 Å². The average molecular weight is 466 g/mol. The van der Waals surface area contributed by atoms with Crippen LogP contribution in [0.15, 0.2) is 72.1 Å². The first-order valence-electron chi connectivity index (χ1n) is 9.69. The number of carbonyl (C=O) groups excluding carboxylic acids is 1. The van der Waals surface area contributed by atoms with Crippen molar-refractivity contribution in [3.63, 3.8) is 0 Å². The summed E-state index contributed by atoms with van der Waals surface area (Å²) in [6, 6.07) is 9.05. The quantitative estimate of drug-likeness (QED) is 0.468. The third-order valence-electron chi connectivity index (χ3n) is 4.56. The number of benzene rings is 2. The number of imidazole rings is 1. The third-order valence-corrected chi connectivity index (χ3v) is 5.95. The Morgan fingerprint density at radius 2 is 1.81 bits per heavy atom. The Balaban J connectivity index is 1.55. The van der Waals surface area contributed by atoms with E-state index in [0.29, 0.717) is 12.6 Å². The lowest BCUT2D eigenvalue weighted by Gasteiger charge is -2.12. The first-order valence-corrected chi connectivity index (χ1v) is 11.2. The van der Waals surface area contributed by atoms with Crippen LogP contribution >= 0.6 is 0 Å². The van der Waals surface area contributed by atoms with Crippen LogP contribution in [0.1, 0.15) is 28.8 Å². The van der Waals surface area contributed by atoms with E-state index in [1.54, 1.807) is 12.5 Å². The fourth-order valence-corrected chi connectivity index (χ4v) is 3.95. The van der Waals surface area contributed by atoms with E-state index in [1.165, 1.54) is 30.3 Å². The zero-order valence-corrected chi connectivity index (χ0v) is 17.7. The number of carbonyl (C=O) groups is 1. The Labute approximate surface area is 183 Å². The highest BCUT2D eigenvalue weighted by molar-refractivity contribution is 7.92. The predicted octanol–water partition coefficient (Wildman–Crippen LogP) is 3.91. The zero-order valence-electron chi connectivity index (χ0n) is 16.8. The van der Waals surface area contributed by atoms with Gasteiger partial charge in [0, 0.05) is 36.7 Å². The molecule has 11 heteroatoms. The molecule has 1 heterocycles. The number of halogens is 3. The van der Waals surface area contributed by atoms with Crippen molar-refractivity contribution < 1.29 is 26.4 Å². The van der Waals surface area contributed by atoms with Crippen molar-refractivity contribution in [2.75, 3.05) is 11.3 Å². The van der Waals surface area contributed by atoms with Crippen molar-refractivity contribution in [2.24, 2.45) is 0 Å². The van der Waals surface area contributed by atoms with E-state index in [9.17, 15) is 26.4 Å². The minimum absolute atomic E-state index is 0.174. The number of nitrogens with zero attached hydrogens (tertiary/aromatic N) is 2. The van der Waals surface area contributed by atoms with Crippen LogP contribution in [0, 0.1) is 0 Å². The highest BCUT2D eigenvalue weighted by Gasteiger charge is 2.30. The maximum atomic E-state index is 12.8. The van der Waals surface area contributed by atoms with E-state index in [1.807, 2.05) is 10.8 Å². The van der Waals surface area contributed by atoms with Gasteiger partial charge in [0.25, 0.3) is 15.9 Å². The fraction of sp³-hybridized carbons (Fsp3) is 0.238. The van der Waals surface area contributed by atoms with Crippen molar-refractivity contribution in [3.05, 3.63) is 78.4 Å². The Hall–Kier alpha value is -3.34. The molecule has 0 bridgehead atoms. The van der Waals surface area contributed by atoms with Crippen LogP contribution in [0.5, 0.6) is 0 Å². The van der Waals surface area contributed by atoms with Gasteiger partial charge >= 0.3 is 6.18 Å². The zero-order chi connectivity index (χ0) is 23.2. The van der Waals surface area contributed by atoms with Gasteiger partial charge in [0.05, 0.1) is 16.8 Å². The fourth-order valence-electron chi connectivity index (χ4n) is 2.90. The Bertz CT molecular complexity index is 1150. The van der Waals surface area contributed by atoms with Gasteiger partial charge in [-0.25, -0.2) is 13.4 Å². The van der Waals surface area contributed by atoms with Crippen LogP contribution in [0.3, 0.4) is 0 Å². The SMILES string of the molecule is O=C(NCCCCn1ccnc1)c1ccc(S(=O)(=O)Nc2cccc(C(F)(F)F)c2)cc1. The molecule has 0 aliphatic carbocycles. The molecule has 0 atom stereocenters. The van der Waals surface area contributed by atoms with E-state index >= 15 is 0 Å². The molecular formula is C21H21F3N4O3S. The molecule has 0 radical (unpaired) electrons. The molecule has 0 unspecified atom stereocenters. The Kier molecular flexibility index (Phi) is 7.18. The number of hydrogen-bond donors (Lipinski definition) is 2. The standard InChI is InChI=1S/C21H21F3N4O3S/c22-21(23,24)17-4-3-5-18(14-17)27-32(30,31)19-8-6-16(7-9-19)20(29)26-10-1-2-12-28-13-11-25-15-28/h3-9,11,13-15,27H,1-2,10,12H2,(H,26,29). The summed E-state index contributed by atoms with van der Waals surface area (Å²) in [4.78, 5) is 16.0. The summed E-state index contributed by atoms with van der Waals surface area (Å²) in [7, 11) is -4.12. The van der Waals surface area contributed by atoms with E-state index in [4.69, 9.17) is 0 Å². The van der Waals surface area contributed by atoms with Gasteiger partial charge in [-0.2, -0.15) is 13.2 Å². The second-order valence-corrected chi connectivity index (χ2v) is 8.65. The molecule has 32 heavy (non-hydrogen) atoms. The molecule has 0 spiro atoms. The van der Waals surface area contributed by atoms with E-state index in [-0.39, 0.29) is 22.1 Å². The molecule has 0 saturated heterocycles. The molecule has 0 saturated carbocycles. The minimum Gasteiger partial charge on any atom is -0.352 e. The second-order valence-electron chi connectivity index (χ2n) is 6.97. The lowest BCUT2D eigenvalue weighted by Crippen LogP contribution is -2.24. The van der Waals surface area contributed by atoms with Crippen molar-refractivity contribution in [1.29, 1.82) is 0 Å². The minimum atomic E-state index is -4.59. The molecule has 170 valence electrons. The molecule has 3 aromatic rings. The number of alkyl halides is 3. The smallest absolute Gasteiger partial charge is 0.352 e. The molecule has 0 aliphatic rings. The summed E-state index contributed by atoms with van der Waals surface area (Å²) in [5.41, 5.74) is -0.898. The summed E-state index contributed by atoms with van der Waals surface area (Å²) >= 11 is 0. The molecular weight excluding hydrogens is 445 g/mol. The number of unbranched alkanes of at least 4 members (excludes halogenated alkanes) is 1. The summed E-state index contributed by atoms with van der Waals surface area (Å²) in [6.45, 7) is 1.26. The number of sulfonamides is 1. The molecule has 0 aliphatic heterocycles. The van der Waals surface area contributed by atoms with E-state index in [0.717, 1.165) is 31.5 Å². The van der Waals surface area contributed by atoms with Crippen molar-refractivity contribution in [1.82, 2.24) is 14.9 Å². The Morgan fingerprint density at radius 1 is 1.06 bits per heavy atom. The summed E-state index contributed by atoms with van der Waals surface area (Å²) in [6.07, 6.45) is 2.30. The van der Waals surface area contributed by atoms with Gasteiger partial charge < -0.3 is 9.88 Å². The van der Waals surface area contributed by atoms with Crippen LogP contribution in [0.2, 0.25) is 0 Å².